The molecule has 1 aliphatic rings. The van der Waals surface area contributed by atoms with Gasteiger partial charge in [-0.3, -0.25) is 14.5 Å². The summed E-state index contributed by atoms with van der Waals surface area (Å²) < 4.78 is 0. The van der Waals surface area contributed by atoms with Crippen LogP contribution in [0.5, 0.6) is 0 Å². The summed E-state index contributed by atoms with van der Waals surface area (Å²) in [5.41, 5.74) is 6.22. The molecule has 0 unspecified atom stereocenters. The molecule has 4 aromatic rings. The molecule has 1 saturated heterocycles. The number of hydrogen-bond donors (Lipinski definition) is 0. The Morgan fingerprint density at radius 1 is 0.892 bits per heavy atom. The predicted octanol–water partition coefficient (Wildman–Crippen LogP) is 6.46. The van der Waals surface area contributed by atoms with Crippen LogP contribution in [0.15, 0.2) is 109 Å². The van der Waals surface area contributed by atoms with Crippen molar-refractivity contribution in [2.75, 3.05) is 0 Å². The van der Waals surface area contributed by atoms with Gasteiger partial charge in [0.1, 0.15) is 0 Å². The molecule has 5 rings (SSSR count). The van der Waals surface area contributed by atoms with E-state index in [2.05, 4.69) is 12.1 Å². The fourth-order valence-electron chi connectivity index (χ4n) is 4.80. The van der Waals surface area contributed by atoms with Crippen molar-refractivity contribution in [2.45, 2.75) is 19.4 Å². The highest BCUT2D eigenvalue weighted by Gasteiger charge is 2.49. The van der Waals surface area contributed by atoms with Crippen LogP contribution in [0.1, 0.15) is 32.6 Å². The summed E-state index contributed by atoms with van der Waals surface area (Å²) >= 11 is 0. The van der Waals surface area contributed by atoms with Gasteiger partial charge in [0.15, 0.2) is 0 Å². The van der Waals surface area contributed by atoms with Gasteiger partial charge in [0.2, 0.25) is 5.91 Å². The van der Waals surface area contributed by atoms with E-state index < -0.39 is 0 Å². The highest BCUT2D eigenvalue weighted by atomic mass is 16.2. The summed E-state index contributed by atoms with van der Waals surface area (Å²) in [7, 11) is 0. The monoisotopic (exact) mass is 482 g/mol. The second-order valence-electron chi connectivity index (χ2n) is 9.34. The minimum atomic E-state index is -0.373. The van der Waals surface area contributed by atoms with Gasteiger partial charge in [0.25, 0.3) is 5.91 Å². The molecule has 0 saturated carbocycles. The standard InChI is InChI=1S/C33H26N2O2/c1-23-7-5-12-29(19-23)27-14-16-28(17-15-27)32(36)35-31(18-13-24-8-3-2-4-9-24)30(33(35)37)21-25-10-6-11-26(20-25)22-34/h2-20,30-31H,21H2,1H3/b18-13+/t30-,31-/m1/s1. The zero-order valence-corrected chi connectivity index (χ0v) is 20.5. The Morgan fingerprint density at radius 3 is 2.38 bits per heavy atom. The molecule has 0 radical (unpaired) electrons. The van der Waals surface area contributed by atoms with Crippen molar-refractivity contribution >= 4 is 17.9 Å². The molecule has 4 aromatic carbocycles. The molecular weight excluding hydrogens is 456 g/mol. The molecule has 4 heteroatoms. The van der Waals surface area contributed by atoms with Gasteiger partial charge in [-0.2, -0.15) is 5.26 Å². The van der Waals surface area contributed by atoms with Crippen LogP contribution < -0.4 is 0 Å². The zero-order chi connectivity index (χ0) is 25.8. The van der Waals surface area contributed by atoms with Gasteiger partial charge in [0, 0.05) is 5.56 Å². The highest BCUT2D eigenvalue weighted by Crippen LogP contribution is 2.34. The Balaban J connectivity index is 1.40. The molecule has 0 aromatic heterocycles. The van der Waals surface area contributed by atoms with E-state index in [1.54, 1.807) is 24.3 Å². The number of nitriles is 1. The van der Waals surface area contributed by atoms with Gasteiger partial charge in [0.05, 0.1) is 23.6 Å². The predicted molar refractivity (Wildman–Crippen MR) is 145 cm³/mol. The maximum atomic E-state index is 13.5. The van der Waals surface area contributed by atoms with Crippen LogP contribution in [-0.2, 0) is 11.2 Å². The number of nitrogens with zero attached hydrogens (tertiary/aromatic N) is 2. The lowest BCUT2D eigenvalue weighted by atomic mass is 9.81. The average molecular weight is 483 g/mol. The lowest BCUT2D eigenvalue weighted by Crippen LogP contribution is -2.62. The first-order valence-corrected chi connectivity index (χ1v) is 12.3. The molecule has 37 heavy (non-hydrogen) atoms. The maximum absolute atomic E-state index is 13.5. The first-order valence-electron chi connectivity index (χ1n) is 12.3. The van der Waals surface area contributed by atoms with Crippen LogP contribution in [0, 0.1) is 24.2 Å². The molecule has 180 valence electrons. The van der Waals surface area contributed by atoms with Gasteiger partial charge < -0.3 is 0 Å². The number of aryl methyl sites for hydroxylation is 1. The molecule has 1 fully saturated rings. The molecule has 2 amide bonds. The molecule has 4 nitrogen and oxygen atoms in total. The Labute approximate surface area is 217 Å². The normalized spacial score (nSPS) is 16.9. The van der Waals surface area contributed by atoms with E-state index in [1.807, 2.05) is 91.9 Å². The Kier molecular flexibility index (Phi) is 6.78. The topological polar surface area (TPSA) is 61.2 Å². The number of carbonyl (C=O) groups is 2. The Bertz CT molecular complexity index is 1510. The molecular formula is C33H26N2O2. The summed E-state index contributed by atoms with van der Waals surface area (Å²) in [6.07, 6.45) is 4.36. The largest absolute Gasteiger partial charge is 0.274 e. The third-order valence-corrected chi connectivity index (χ3v) is 6.76. The summed E-state index contributed by atoms with van der Waals surface area (Å²) in [6, 6.07) is 34.5. The number of rotatable bonds is 6. The summed E-state index contributed by atoms with van der Waals surface area (Å²) in [5, 5.41) is 9.25. The van der Waals surface area contributed by atoms with Gasteiger partial charge in [-0.25, -0.2) is 0 Å². The van der Waals surface area contributed by atoms with Gasteiger partial charge in [-0.05, 0) is 59.9 Å². The van der Waals surface area contributed by atoms with E-state index in [0.29, 0.717) is 17.5 Å². The van der Waals surface area contributed by atoms with Crippen LogP contribution in [0.2, 0.25) is 0 Å². The smallest absolute Gasteiger partial charge is 0.261 e. The third-order valence-electron chi connectivity index (χ3n) is 6.76. The first kappa shape index (κ1) is 24.0. The van der Waals surface area contributed by atoms with Crippen LogP contribution in [0.3, 0.4) is 0 Å². The van der Waals surface area contributed by atoms with Crippen molar-refractivity contribution < 1.29 is 9.59 Å². The molecule has 1 aliphatic heterocycles. The molecule has 0 bridgehead atoms. The van der Waals surface area contributed by atoms with Crippen molar-refractivity contribution in [3.8, 4) is 17.2 Å². The average Bonchev–Trinajstić information content (AvgIpc) is 2.94. The SMILES string of the molecule is Cc1cccc(-c2ccc(C(=O)N3C(=O)[C@H](Cc4cccc(C#N)c4)[C@H]3/C=C/c3ccccc3)cc2)c1. The number of imide groups is 1. The van der Waals surface area contributed by atoms with Crippen molar-refractivity contribution in [3.63, 3.8) is 0 Å². The first-order chi connectivity index (χ1) is 18.0. The summed E-state index contributed by atoms with van der Waals surface area (Å²) in [6.45, 7) is 2.05. The number of β-lactam (4-membered cyclic amide) rings is 1. The second-order valence-corrected chi connectivity index (χ2v) is 9.34. The van der Waals surface area contributed by atoms with Crippen molar-refractivity contribution in [3.05, 3.63) is 137 Å². The lowest BCUT2D eigenvalue weighted by molar-refractivity contribution is -0.147. The molecule has 0 N–H and O–H groups in total. The number of hydrogen-bond acceptors (Lipinski definition) is 3. The van der Waals surface area contributed by atoms with E-state index >= 15 is 0 Å². The Morgan fingerprint density at radius 2 is 1.65 bits per heavy atom. The number of carbonyl (C=O) groups excluding carboxylic acids is 2. The fraction of sp³-hybridized carbons (Fsp3) is 0.121. The van der Waals surface area contributed by atoms with Gasteiger partial charge >= 0.3 is 0 Å². The Hall–Kier alpha value is -4.75. The van der Waals surface area contributed by atoms with Crippen LogP contribution in [0.4, 0.5) is 0 Å². The van der Waals surface area contributed by atoms with E-state index in [1.165, 1.54) is 10.5 Å². The van der Waals surface area contributed by atoms with Crippen molar-refractivity contribution in [1.29, 1.82) is 5.26 Å². The molecule has 1 heterocycles. The van der Waals surface area contributed by atoms with Gasteiger partial charge in [-0.15, -0.1) is 0 Å². The second kappa shape index (κ2) is 10.5. The number of benzene rings is 4. The van der Waals surface area contributed by atoms with E-state index in [0.717, 1.165) is 22.3 Å². The summed E-state index contributed by atoms with van der Waals surface area (Å²) in [5.74, 6) is -0.868. The third kappa shape index (κ3) is 5.12. The fourth-order valence-corrected chi connectivity index (χ4v) is 4.80. The van der Waals surface area contributed by atoms with Crippen LogP contribution in [0.25, 0.3) is 17.2 Å². The molecule has 0 aliphatic carbocycles. The van der Waals surface area contributed by atoms with Crippen LogP contribution >= 0.6 is 0 Å². The van der Waals surface area contributed by atoms with E-state index in [-0.39, 0.29) is 23.8 Å². The number of likely N-dealkylation sites (tertiary alicyclic amines) is 1. The zero-order valence-electron chi connectivity index (χ0n) is 20.5. The minimum Gasteiger partial charge on any atom is -0.274 e. The van der Waals surface area contributed by atoms with Gasteiger partial charge in [-0.1, -0.05) is 96.6 Å². The minimum absolute atomic E-state index is 0.196. The van der Waals surface area contributed by atoms with E-state index in [4.69, 9.17) is 0 Å². The quantitative estimate of drug-likeness (QED) is 0.234. The van der Waals surface area contributed by atoms with E-state index in [9.17, 15) is 14.9 Å². The highest BCUT2D eigenvalue weighted by molar-refractivity contribution is 6.10. The van der Waals surface area contributed by atoms with Crippen molar-refractivity contribution in [2.24, 2.45) is 5.92 Å². The van der Waals surface area contributed by atoms with Crippen molar-refractivity contribution in [1.82, 2.24) is 4.90 Å². The molecule has 0 spiro atoms. The lowest BCUT2D eigenvalue weighted by Gasteiger charge is -2.44. The number of amides is 2. The summed E-state index contributed by atoms with van der Waals surface area (Å²) in [4.78, 5) is 28.1. The molecule has 2 atom stereocenters. The maximum Gasteiger partial charge on any atom is 0.261 e. The van der Waals surface area contributed by atoms with Crippen LogP contribution in [-0.4, -0.2) is 22.8 Å².